The van der Waals surface area contributed by atoms with Crippen LogP contribution in [0.15, 0.2) is 24.5 Å². The predicted molar refractivity (Wildman–Crippen MR) is 68.0 cm³/mol. The largest absolute Gasteiger partial charge is 0.490 e. The lowest BCUT2D eigenvalue weighted by molar-refractivity contribution is 0.291. The number of hydrogen-bond acceptors (Lipinski definition) is 3. The minimum Gasteiger partial charge on any atom is -0.490 e. The Labute approximate surface area is 101 Å². The van der Waals surface area contributed by atoms with Crippen LogP contribution in [0.4, 0.5) is 0 Å². The van der Waals surface area contributed by atoms with Gasteiger partial charge in [-0.2, -0.15) is 0 Å². The van der Waals surface area contributed by atoms with Crippen molar-refractivity contribution in [3.63, 3.8) is 0 Å². The second-order valence-electron chi connectivity index (χ2n) is 4.57. The zero-order chi connectivity index (χ0) is 12.3. The summed E-state index contributed by atoms with van der Waals surface area (Å²) < 4.78 is 7.72. The highest BCUT2D eigenvalue weighted by atomic mass is 16.5. The average Bonchev–Trinajstić information content (AvgIpc) is 2.72. The Balaban J connectivity index is 2.18. The molecule has 92 valence electrons. The van der Waals surface area contributed by atoms with E-state index < -0.39 is 0 Å². The number of hydrogen-bond donors (Lipinski definition) is 1. The van der Waals surface area contributed by atoms with Gasteiger partial charge in [0.1, 0.15) is 0 Å². The molecule has 0 saturated heterocycles. The third kappa shape index (κ3) is 2.77. The zero-order valence-corrected chi connectivity index (χ0v) is 10.4. The fourth-order valence-corrected chi connectivity index (χ4v) is 1.65. The maximum absolute atomic E-state index is 5.76. The van der Waals surface area contributed by atoms with Crippen molar-refractivity contribution in [2.45, 2.75) is 26.8 Å². The van der Waals surface area contributed by atoms with Gasteiger partial charge in [-0.1, -0.05) is 13.8 Å². The molecule has 0 aromatic carbocycles. The topological polar surface area (TPSA) is 52.5 Å². The SMILES string of the molecule is CC(C)CCOc1cccn2cc(CN)nc12. The minimum atomic E-state index is 0.452. The summed E-state index contributed by atoms with van der Waals surface area (Å²) in [6.45, 7) is 5.55. The van der Waals surface area contributed by atoms with Crippen molar-refractivity contribution in [3.05, 3.63) is 30.2 Å². The molecule has 2 aromatic heterocycles. The highest BCUT2D eigenvalue weighted by molar-refractivity contribution is 5.54. The Hall–Kier alpha value is -1.55. The molecule has 2 N–H and O–H groups in total. The van der Waals surface area contributed by atoms with Gasteiger partial charge in [0.25, 0.3) is 0 Å². The molecule has 17 heavy (non-hydrogen) atoms. The van der Waals surface area contributed by atoms with E-state index >= 15 is 0 Å². The van der Waals surface area contributed by atoms with Gasteiger partial charge in [0.2, 0.25) is 0 Å². The molecule has 0 aliphatic heterocycles. The molecule has 0 aliphatic carbocycles. The monoisotopic (exact) mass is 233 g/mol. The van der Waals surface area contributed by atoms with Crippen LogP contribution in [0.2, 0.25) is 0 Å². The van der Waals surface area contributed by atoms with Crippen LogP contribution in [-0.4, -0.2) is 16.0 Å². The lowest BCUT2D eigenvalue weighted by atomic mass is 10.1. The summed E-state index contributed by atoms with van der Waals surface area (Å²) >= 11 is 0. The zero-order valence-electron chi connectivity index (χ0n) is 10.4. The summed E-state index contributed by atoms with van der Waals surface area (Å²) in [7, 11) is 0. The van der Waals surface area contributed by atoms with E-state index in [1.807, 2.05) is 28.9 Å². The smallest absolute Gasteiger partial charge is 0.179 e. The summed E-state index contributed by atoms with van der Waals surface area (Å²) in [5.74, 6) is 1.47. The fraction of sp³-hybridized carbons (Fsp3) is 0.462. The van der Waals surface area contributed by atoms with Gasteiger partial charge in [-0.15, -0.1) is 0 Å². The van der Waals surface area contributed by atoms with E-state index in [2.05, 4.69) is 18.8 Å². The molecule has 4 heteroatoms. The Morgan fingerprint density at radius 3 is 3.00 bits per heavy atom. The maximum atomic E-state index is 5.76. The van der Waals surface area contributed by atoms with E-state index in [-0.39, 0.29) is 0 Å². The van der Waals surface area contributed by atoms with Crippen molar-refractivity contribution in [1.82, 2.24) is 9.38 Å². The molecule has 4 nitrogen and oxygen atoms in total. The van der Waals surface area contributed by atoms with Crippen LogP contribution in [0, 0.1) is 5.92 Å². The highest BCUT2D eigenvalue weighted by Gasteiger charge is 2.06. The van der Waals surface area contributed by atoms with Gasteiger partial charge in [-0.25, -0.2) is 4.98 Å². The van der Waals surface area contributed by atoms with Gasteiger partial charge in [0.05, 0.1) is 12.3 Å². The van der Waals surface area contributed by atoms with E-state index in [0.29, 0.717) is 12.5 Å². The van der Waals surface area contributed by atoms with Crippen LogP contribution >= 0.6 is 0 Å². The molecule has 2 aromatic rings. The number of imidazole rings is 1. The molecular weight excluding hydrogens is 214 g/mol. The highest BCUT2D eigenvalue weighted by Crippen LogP contribution is 2.19. The minimum absolute atomic E-state index is 0.452. The van der Waals surface area contributed by atoms with Gasteiger partial charge >= 0.3 is 0 Å². The maximum Gasteiger partial charge on any atom is 0.179 e. The summed E-state index contributed by atoms with van der Waals surface area (Å²) in [5.41, 5.74) is 7.31. The number of fused-ring (bicyclic) bond motifs is 1. The molecule has 0 fully saturated rings. The number of pyridine rings is 1. The Morgan fingerprint density at radius 1 is 1.47 bits per heavy atom. The lowest BCUT2D eigenvalue weighted by Gasteiger charge is -2.08. The van der Waals surface area contributed by atoms with Crippen LogP contribution in [0.5, 0.6) is 5.75 Å². The average molecular weight is 233 g/mol. The molecule has 0 aliphatic rings. The number of ether oxygens (including phenoxy) is 1. The second-order valence-corrected chi connectivity index (χ2v) is 4.57. The van der Waals surface area contributed by atoms with Crippen molar-refractivity contribution in [1.29, 1.82) is 0 Å². The molecule has 0 bridgehead atoms. The molecule has 0 radical (unpaired) electrons. The molecular formula is C13H19N3O. The summed E-state index contributed by atoms with van der Waals surface area (Å²) in [6, 6.07) is 3.91. The van der Waals surface area contributed by atoms with Crippen LogP contribution in [0.25, 0.3) is 5.65 Å². The Kier molecular flexibility index (Phi) is 3.64. The first kappa shape index (κ1) is 11.9. The van der Waals surface area contributed by atoms with Gasteiger partial charge in [-0.05, 0) is 24.5 Å². The van der Waals surface area contributed by atoms with Gasteiger partial charge in [-0.3, -0.25) is 0 Å². The molecule has 2 rings (SSSR count). The summed E-state index contributed by atoms with van der Waals surface area (Å²) in [5, 5.41) is 0. The van der Waals surface area contributed by atoms with E-state index in [1.165, 1.54) is 0 Å². The van der Waals surface area contributed by atoms with Crippen LogP contribution in [0.1, 0.15) is 26.0 Å². The number of rotatable bonds is 5. The number of nitrogens with two attached hydrogens (primary N) is 1. The molecule has 0 amide bonds. The van der Waals surface area contributed by atoms with E-state index in [4.69, 9.17) is 10.5 Å². The summed E-state index contributed by atoms with van der Waals surface area (Å²) in [6.07, 6.45) is 4.94. The van der Waals surface area contributed by atoms with Crippen molar-refractivity contribution >= 4 is 5.65 Å². The standard InChI is InChI=1S/C13H19N3O/c1-10(2)5-7-17-12-4-3-6-16-9-11(8-14)15-13(12)16/h3-4,6,9-10H,5,7-8,14H2,1-2H3. The third-order valence-corrected chi connectivity index (χ3v) is 2.66. The van der Waals surface area contributed by atoms with Gasteiger partial charge in [0.15, 0.2) is 11.4 Å². The predicted octanol–water partition coefficient (Wildman–Crippen LogP) is 2.22. The first-order valence-corrected chi connectivity index (χ1v) is 6.00. The number of aromatic nitrogens is 2. The van der Waals surface area contributed by atoms with Crippen LogP contribution in [-0.2, 0) is 6.54 Å². The quantitative estimate of drug-likeness (QED) is 0.861. The number of nitrogens with zero attached hydrogens (tertiary/aromatic N) is 2. The van der Waals surface area contributed by atoms with Crippen LogP contribution in [0.3, 0.4) is 0 Å². The van der Waals surface area contributed by atoms with Gasteiger partial charge < -0.3 is 14.9 Å². The molecule has 0 spiro atoms. The van der Waals surface area contributed by atoms with Crippen molar-refractivity contribution < 1.29 is 4.74 Å². The Bertz CT molecular complexity index is 490. The van der Waals surface area contributed by atoms with Crippen molar-refractivity contribution in [3.8, 4) is 5.75 Å². The Morgan fingerprint density at radius 2 is 2.29 bits per heavy atom. The molecule has 0 atom stereocenters. The first-order valence-electron chi connectivity index (χ1n) is 6.00. The fourth-order valence-electron chi connectivity index (χ4n) is 1.65. The third-order valence-electron chi connectivity index (χ3n) is 2.66. The first-order chi connectivity index (χ1) is 8.20. The van der Waals surface area contributed by atoms with E-state index in [9.17, 15) is 0 Å². The van der Waals surface area contributed by atoms with E-state index in [0.717, 1.165) is 30.1 Å². The molecule has 2 heterocycles. The van der Waals surface area contributed by atoms with Gasteiger partial charge in [0, 0.05) is 18.9 Å². The lowest BCUT2D eigenvalue weighted by Crippen LogP contribution is -2.02. The molecule has 0 saturated carbocycles. The molecule has 0 unspecified atom stereocenters. The summed E-state index contributed by atoms with van der Waals surface area (Å²) in [4.78, 5) is 4.44. The normalized spacial score (nSPS) is 11.3. The van der Waals surface area contributed by atoms with Crippen molar-refractivity contribution in [2.24, 2.45) is 11.7 Å². The van der Waals surface area contributed by atoms with Crippen LogP contribution < -0.4 is 10.5 Å². The van der Waals surface area contributed by atoms with E-state index in [1.54, 1.807) is 0 Å². The van der Waals surface area contributed by atoms with Crippen molar-refractivity contribution in [2.75, 3.05) is 6.61 Å². The second kappa shape index (κ2) is 5.19.